The quantitative estimate of drug-likeness (QED) is 0.858. The maximum Gasteiger partial charge on any atom is 0.146 e. The second-order valence-electron chi connectivity index (χ2n) is 4.47. The molecule has 0 unspecified atom stereocenters. The summed E-state index contributed by atoms with van der Waals surface area (Å²) in [5.41, 5.74) is 1.10. The van der Waals surface area contributed by atoms with Gasteiger partial charge in [-0.2, -0.15) is 5.10 Å². The largest absolute Gasteiger partial charge is 0.378 e. The Bertz CT molecular complexity index is 447. The van der Waals surface area contributed by atoms with Crippen LogP contribution in [0.5, 0.6) is 0 Å². The summed E-state index contributed by atoms with van der Waals surface area (Å²) in [6.45, 7) is 5.97. The molecule has 0 aliphatic carbocycles. The Morgan fingerprint density at radius 1 is 1.24 bits per heavy atom. The molecule has 0 radical (unpaired) electrons. The van der Waals surface area contributed by atoms with Gasteiger partial charge in [-0.3, -0.25) is 0 Å². The molecule has 1 aromatic carbocycles. The SMILES string of the molecule is CC(C)Cn1ncnc1CNc1ccccc1. The number of aromatic nitrogens is 3. The van der Waals surface area contributed by atoms with E-state index in [1.807, 2.05) is 35.0 Å². The van der Waals surface area contributed by atoms with Crippen LogP contribution in [0.3, 0.4) is 0 Å². The Labute approximate surface area is 102 Å². The number of nitrogens with zero attached hydrogens (tertiary/aromatic N) is 3. The minimum absolute atomic E-state index is 0.576. The van der Waals surface area contributed by atoms with Gasteiger partial charge in [0.1, 0.15) is 12.2 Å². The Balaban J connectivity index is 1.97. The van der Waals surface area contributed by atoms with E-state index < -0.39 is 0 Å². The molecule has 1 N–H and O–H groups in total. The zero-order valence-corrected chi connectivity index (χ0v) is 10.3. The van der Waals surface area contributed by atoms with Crippen LogP contribution in [0.25, 0.3) is 0 Å². The van der Waals surface area contributed by atoms with Crippen LogP contribution in [0.4, 0.5) is 5.69 Å². The molecule has 2 aromatic rings. The van der Waals surface area contributed by atoms with E-state index in [0.717, 1.165) is 18.1 Å². The third-order valence-electron chi connectivity index (χ3n) is 2.46. The average Bonchev–Trinajstić information content (AvgIpc) is 2.74. The molecule has 2 rings (SSSR count). The molecule has 0 fully saturated rings. The van der Waals surface area contributed by atoms with Crippen LogP contribution in [0.2, 0.25) is 0 Å². The molecule has 1 aromatic heterocycles. The van der Waals surface area contributed by atoms with Crippen LogP contribution < -0.4 is 5.32 Å². The van der Waals surface area contributed by atoms with Gasteiger partial charge in [0.25, 0.3) is 0 Å². The number of nitrogens with one attached hydrogen (secondary N) is 1. The molecule has 4 nitrogen and oxygen atoms in total. The minimum atomic E-state index is 0.576. The fourth-order valence-corrected chi connectivity index (χ4v) is 1.66. The first-order chi connectivity index (χ1) is 8.25. The molecule has 0 spiro atoms. The first-order valence-corrected chi connectivity index (χ1v) is 5.91. The molecule has 4 heteroatoms. The Kier molecular flexibility index (Phi) is 3.75. The van der Waals surface area contributed by atoms with Crippen molar-refractivity contribution in [3.63, 3.8) is 0 Å². The summed E-state index contributed by atoms with van der Waals surface area (Å²) in [5.74, 6) is 1.55. The minimum Gasteiger partial charge on any atom is -0.378 e. The predicted octanol–water partition coefficient (Wildman–Crippen LogP) is 2.55. The van der Waals surface area contributed by atoms with Gasteiger partial charge in [-0.05, 0) is 18.1 Å². The molecule has 0 aliphatic heterocycles. The van der Waals surface area contributed by atoms with Gasteiger partial charge in [-0.1, -0.05) is 32.0 Å². The van der Waals surface area contributed by atoms with Crippen molar-refractivity contribution >= 4 is 5.69 Å². The first kappa shape index (κ1) is 11.6. The lowest BCUT2D eigenvalue weighted by Gasteiger charge is -2.09. The third-order valence-corrected chi connectivity index (χ3v) is 2.46. The zero-order chi connectivity index (χ0) is 12.1. The van der Waals surface area contributed by atoms with Crippen LogP contribution in [0.15, 0.2) is 36.7 Å². The number of para-hydroxylation sites is 1. The molecule has 0 atom stereocenters. The molecular formula is C13H18N4. The van der Waals surface area contributed by atoms with Gasteiger partial charge in [-0.15, -0.1) is 0 Å². The van der Waals surface area contributed by atoms with Crippen molar-refractivity contribution in [2.45, 2.75) is 26.9 Å². The van der Waals surface area contributed by atoms with Gasteiger partial charge < -0.3 is 5.32 Å². The van der Waals surface area contributed by atoms with E-state index in [-0.39, 0.29) is 0 Å². The topological polar surface area (TPSA) is 42.7 Å². The number of hydrogen-bond donors (Lipinski definition) is 1. The summed E-state index contributed by atoms with van der Waals surface area (Å²) in [6.07, 6.45) is 1.62. The Morgan fingerprint density at radius 3 is 2.71 bits per heavy atom. The van der Waals surface area contributed by atoms with Crippen LogP contribution in [-0.4, -0.2) is 14.8 Å². The van der Waals surface area contributed by atoms with Crippen molar-refractivity contribution in [3.8, 4) is 0 Å². The number of benzene rings is 1. The first-order valence-electron chi connectivity index (χ1n) is 5.91. The van der Waals surface area contributed by atoms with Gasteiger partial charge in [0.2, 0.25) is 0 Å². The van der Waals surface area contributed by atoms with Crippen molar-refractivity contribution in [1.82, 2.24) is 14.8 Å². The Hall–Kier alpha value is -1.84. The standard InChI is InChI=1S/C13H18N4/c1-11(2)9-17-13(15-10-16-17)8-14-12-6-4-3-5-7-12/h3-7,10-11,14H,8-9H2,1-2H3. The smallest absolute Gasteiger partial charge is 0.146 e. The molecule has 17 heavy (non-hydrogen) atoms. The lowest BCUT2D eigenvalue weighted by atomic mass is 10.2. The molecule has 90 valence electrons. The van der Waals surface area contributed by atoms with Gasteiger partial charge in [-0.25, -0.2) is 9.67 Å². The van der Waals surface area contributed by atoms with Crippen molar-refractivity contribution in [2.75, 3.05) is 5.32 Å². The van der Waals surface area contributed by atoms with E-state index in [4.69, 9.17) is 0 Å². The summed E-state index contributed by atoms with van der Waals surface area (Å²) in [5, 5.41) is 7.57. The fraction of sp³-hybridized carbons (Fsp3) is 0.385. The predicted molar refractivity (Wildman–Crippen MR) is 68.6 cm³/mol. The average molecular weight is 230 g/mol. The molecule has 1 heterocycles. The van der Waals surface area contributed by atoms with E-state index in [9.17, 15) is 0 Å². The summed E-state index contributed by atoms with van der Waals surface area (Å²) >= 11 is 0. The maximum absolute atomic E-state index is 4.27. The number of rotatable bonds is 5. The third kappa shape index (κ3) is 3.31. The molecular weight excluding hydrogens is 212 g/mol. The van der Waals surface area contributed by atoms with Gasteiger partial charge in [0.15, 0.2) is 0 Å². The van der Waals surface area contributed by atoms with Crippen molar-refractivity contribution in [2.24, 2.45) is 5.92 Å². The van der Waals surface area contributed by atoms with E-state index in [1.54, 1.807) is 6.33 Å². The van der Waals surface area contributed by atoms with Crippen LogP contribution in [0.1, 0.15) is 19.7 Å². The number of anilines is 1. The number of hydrogen-bond acceptors (Lipinski definition) is 3. The van der Waals surface area contributed by atoms with Crippen LogP contribution in [-0.2, 0) is 13.1 Å². The van der Waals surface area contributed by atoms with Crippen molar-refractivity contribution in [3.05, 3.63) is 42.5 Å². The van der Waals surface area contributed by atoms with Crippen molar-refractivity contribution in [1.29, 1.82) is 0 Å². The molecule has 0 bridgehead atoms. The summed E-state index contributed by atoms with van der Waals surface area (Å²) in [7, 11) is 0. The monoisotopic (exact) mass is 230 g/mol. The van der Waals surface area contributed by atoms with Gasteiger partial charge >= 0.3 is 0 Å². The van der Waals surface area contributed by atoms with E-state index in [2.05, 4.69) is 29.2 Å². The molecule has 0 saturated carbocycles. The van der Waals surface area contributed by atoms with Crippen molar-refractivity contribution < 1.29 is 0 Å². The normalized spacial score (nSPS) is 10.8. The summed E-state index contributed by atoms with van der Waals surface area (Å²) in [4.78, 5) is 4.27. The highest BCUT2D eigenvalue weighted by molar-refractivity contribution is 5.42. The van der Waals surface area contributed by atoms with E-state index in [1.165, 1.54) is 0 Å². The Morgan fingerprint density at radius 2 is 2.00 bits per heavy atom. The highest BCUT2D eigenvalue weighted by Gasteiger charge is 2.05. The second kappa shape index (κ2) is 5.48. The van der Waals surface area contributed by atoms with Gasteiger partial charge in [0, 0.05) is 12.2 Å². The zero-order valence-electron chi connectivity index (χ0n) is 10.3. The molecule has 0 aliphatic rings. The van der Waals surface area contributed by atoms with Crippen LogP contribution >= 0.6 is 0 Å². The lowest BCUT2D eigenvalue weighted by Crippen LogP contribution is -2.13. The highest BCUT2D eigenvalue weighted by Crippen LogP contribution is 2.07. The second-order valence-corrected chi connectivity index (χ2v) is 4.47. The highest BCUT2D eigenvalue weighted by atomic mass is 15.3. The molecule has 0 saturated heterocycles. The summed E-state index contributed by atoms with van der Waals surface area (Å²) in [6, 6.07) is 10.1. The summed E-state index contributed by atoms with van der Waals surface area (Å²) < 4.78 is 1.96. The maximum atomic E-state index is 4.27. The molecule has 0 amide bonds. The lowest BCUT2D eigenvalue weighted by molar-refractivity contribution is 0.468. The fourth-order valence-electron chi connectivity index (χ4n) is 1.66. The van der Waals surface area contributed by atoms with E-state index in [0.29, 0.717) is 12.5 Å². The van der Waals surface area contributed by atoms with Crippen LogP contribution in [0, 0.1) is 5.92 Å². The van der Waals surface area contributed by atoms with E-state index >= 15 is 0 Å². The van der Waals surface area contributed by atoms with Gasteiger partial charge in [0.05, 0.1) is 6.54 Å².